The fraction of sp³-hybridized carbons (Fsp3) is 0.381. The Hall–Kier alpha value is -2.49. The summed E-state index contributed by atoms with van der Waals surface area (Å²) < 4.78 is 78.4. The van der Waals surface area contributed by atoms with E-state index in [2.05, 4.69) is 15.5 Å². The topological polar surface area (TPSA) is 27.3 Å². The van der Waals surface area contributed by atoms with Gasteiger partial charge >= 0.3 is 12.4 Å². The summed E-state index contributed by atoms with van der Waals surface area (Å²) in [6.07, 6.45) is -5.48. The fourth-order valence-electron chi connectivity index (χ4n) is 3.48. The highest BCUT2D eigenvalue weighted by atomic mass is 32.1. The average Bonchev–Trinajstić information content (AvgIpc) is 2.96. The lowest BCUT2D eigenvalue weighted by Crippen LogP contribution is -2.27. The molecule has 0 aromatic heterocycles. The number of hydrogen-bond donors (Lipinski definition) is 2. The van der Waals surface area contributed by atoms with Gasteiger partial charge in [0.2, 0.25) is 0 Å². The van der Waals surface area contributed by atoms with Gasteiger partial charge in [-0.1, -0.05) is 25.0 Å². The maximum Gasteiger partial charge on any atom is 0.416 e. The minimum Gasteiger partial charge on any atom is -0.370 e. The summed E-state index contributed by atoms with van der Waals surface area (Å²) in [5.41, 5.74) is -1.69. The van der Waals surface area contributed by atoms with Crippen LogP contribution in [0.15, 0.2) is 42.5 Å². The second-order valence-corrected chi connectivity index (χ2v) is 7.70. The molecule has 168 valence electrons. The second kappa shape index (κ2) is 9.33. The van der Waals surface area contributed by atoms with Crippen LogP contribution >= 0.6 is 12.2 Å². The normalized spacial score (nSPS) is 15.4. The Bertz CT molecular complexity index is 886. The van der Waals surface area contributed by atoms with Gasteiger partial charge in [0.15, 0.2) is 5.11 Å². The van der Waals surface area contributed by atoms with Crippen LogP contribution in [0, 0.1) is 0 Å². The Balaban J connectivity index is 1.81. The van der Waals surface area contributed by atoms with E-state index >= 15 is 0 Å². The number of rotatable bonds is 3. The molecule has 1 saturated heterocycles. The number of hydrogen-bond acceptors (Lipinski definition) is 2. The van der Waals surface area contributed by atoms with E-state index in [1.54, 1.807) is 12.1 Å². The van der Waals surface area contributed by atoms with Crippen LogP contribution in [0.1, 0.15) is 36.8 Å². The van der Waals surface area contributed by atoms with Crippen molar-refractivity contribution in [1.29, 1.82) is 0 Å². The van der Waals surface area contributed by atoms with Gasteiger partial charge in [-0.3, -0.25) is 0 Å². The van der Waals surface area contributed by atoms with Crippen molar-refractivity contribution in [2.24, 2.45) is 0 Å². The number of benzene rings is 2. The summed E-state index contributed by atoms with van der Waals surface area (Å²) in [6, 6.07) is 8.59. The van der Waals surface area contributed by atoms with E-state index < -0.39 is 29.2 Å². The zero-order chi connectivity index (χ0) is 22.6. The Morgan fingerprint density at radius 1 is 0.774 bits per heavy atom. The van der Waals surface area contributed by atoms with E-state index in [1.807, 2.05) is 12.1 Å². The summed E-state index contributed by atoms with van der Waals surface area (Å²) >= 11 is 5.18. The van der Waals surface area contributed by atoms with Crippen molar-refractivity contribution in [2.75, 3.05) is 28.6 Å². The first-order valence-corrected chi connectivity index (χ1v) is 10.2. The van der Waals surface area contributed by atoms with Gasteiger partial charge in [0.05, 0.1) is 22.5 Å². The van der Waals surface area contributed by atoms with Gasteiger partial charge in [-0.2, -0.15) is 26.3 Å². The van der Waals surface area contributed by atoms with Gasteiger partial charge in [0.1, 0.15) is 0 Å². The zero-order valence-electron chi connectivity index (χ0n) is 16.4. The lowest BCUT2D eigenvalue weighted by molar-refractivity contribution is -0.143. The van der Waals surface area contributed by atoms with Crippen LogP contribution in [-0.2, 0) is 12.4 Å². The molecule has 1 aliphatic rings. The van der Waals surface area contributed by atoms with Crippen LogP contribution in [0.4, 0.5) is 43.4 Å². The van der Waals surface area contributed by atoms with Gasteiger partial charge < -0.3 is 15.5 Å². The maximum atomic E-state index is 13.1. The lowest BCUT2D eigenvalue weighted by Gasteiger charge is -2.26. The fourth-order valence-corrected chi connectivity index (χ4v) is 3.71. The molecule has 0 bridgehead atoms. The van der Waals surface area contributed by atoms with Crippen molar-refractivity contribution >= 4 is 34.4 Å². The van der Waals surface area contributed by atoms with Crippen LogP contribution in [0.2, 0.25) is 0 Å². The smallest absolute Gasteiger partial charge is 0.370 e. The molecule has 0 radical (unpaired) electrons. The van der Waals surface area contributed by atoms with Crippen LogP contribution < -0.4 is 15.5 Å². The van der Waals surface area contributed by atoms with E-state index in [9.17, 15) is 26.3 Å². The SMILES string of the molecule is FC(F)(F)c1cc(NC(=S)Nc2ccccc2N2CCCCCC2)cc(C(F)(F)F)c1. The number of alkyl halides is 6. The predicted octanol–water partition coefficient (Wildman–Crippen LogP) is 6.91. The summed E-state index contributed by atoms with van der Waals surface area (Å²) in [4.78, 5) is 2.20. The van der Waals surface area contributed by atoms with E-state index in [0.29, 0.717) is 17.8 Å². The van der Waals surface area contributed by atoms with Gasteiger partial charge in [0.25, 0.3) is 0 Å². The summed E-state index contributed by atoms with van der Waals surface area (Å²) in [7, 11) is 0. The lowest BCUT2D eigenvalue weighted by atomic mass is 10.1. The molecule has 1 heterocycles. The van der Waals surface area contributed by atoms with Crippen molar-refractivity contribution in [3.05, 3.63) is 53.6 Å². The Morgan fingerprint density at radius 3 is 1.87 bits per heavy atom. The largest absolute Gasteiger partial charge is 0.416 e. The molecule has 0 saturated carbocycles. The molecule has 2 aromatic carbocycles. The zero-order valence-corrected chi connectivity index (χ0v) is 17.2. The monoisotopic (exact) mass is 461 g/mol. The van der Waals surface area contributed by atoms with Crippen molar-refractivity contribution in [2.45, 2.75) is 38.0 Å². The number of para-hydroxylation sites is 2. The Labute approximate surface area is 181 Å². The van der Waals surface area contributed by atoms with Crippen molar-refractivity contribution in [3.63, 3.8) is 0 Å². The molecule has 0 unspecified atom stereocenters. The maximum absolute atomic E-state index is 13.1. The molecule has 2 aromatic rings. The van der Waals surface area contributed by atoms with E-state index in [0.717, 1.165) is 44.5 Å². The molecule has 10 heteroatoms. The van der Waals surface area contributed by atoms with Crippen molar-refractivity contribution < 1.29 is 26.3 Å². The molecular weight excluding hydrogens is 440 g/mol. The number of anilines is 3. The number of nitrogens with zero attached hydrogens (tertiary/aromatic N) is 1. The van der Waals surface area contributed by atoms with Crippen LogP contribution in [0.25, 0.3) is 0 Å². The molecule has 0 atom stereocenters. The summed E-state index contributed by atoms with van der Waals surface area (Å²) in [6.45, 7) is 1.73. The highest BCUT2D eigenvalue weighted by Gasteiger charge is 2.37. The number of halogens is 6. The van der Waals surface area contributed by atoms with Crippen molar-refractivity contribution in [3.8, 4) is 0 Å². The molecule has 3 rings (SSSR count). The van der Waals surface area contributed by atoms with Gasteiger partial charge in [0, 0.05) is 18.8 Å². The third-order valence-corrected chi connectivity index (χ3v) is 5.15. The predicted molar refractivity (Wildman–Crippen MR) is 113 cm³/mol. The van der Waals surface area contributed by atoms with Crippen LogP contribution in [0.5, 0.6) is 0 Å². The quantitative estimate of drug-likeness (QED) is 0.384. The first kappa shape index (κ1) is 23.2. The minimum atomic E-state index is -4.92. The first-order chi connectivity index (χ1) is 14.5. The van der Waals surface area contributed by atoms with Gasteiger partial charge in [-0.25, -0.2) is 0 Å². The third kappa shape index (κ3) is 6.25. The van der Waals surface area contributed by atoms with E-state index in [4.69, 9.17) is 12.2 Å². The molecule has 0 amide bonds. The standard InChI is InChI=1S/C21H21F6N3S/c22-20(23,24)14-11-15(21(25,26)27)13-16(12-14)28-19(31)29-17-7-3-4-8-18(17)30-9-5-1-2-6-10-30/h3-4,7-8,11-13H,1-2,5-6,9-10H2,(H2,28,29,31). The van der Waals surface area contributed by atoms with Crippen molar-refractivity contribution in [1.82, 2.24) is 0 Å². The third-order valence-electron chi connectivity index (χ3n) is 4.94. The van der Waals surface area contributed by atoms with Gasteiger partial charge in [-0.05, 0) is 55.4 Å². The summed E-state index contributed by atoms with van der Waals surface area (Å²) in [5.74, 6) is 0. The van der Waals surface area contributed by atoms with E-state index in [1.165, 1.54) is 0 Å². The molecule has 1 aliphatic heterocycles. The van der Waals surface area contributed by atoms with E-state index in [-0.39, 0.29) is 11.2 Å². The highest BCUT2D eigenvalue weighted by Crippen LogP contribution is 2.37. The van der Waals surface area contributed by atoms with Crippen LogP contribution in [0.3, 0.4) is 0 Å². The number of thiocarbonyl (C=S) groups is 1. The number of nitrogens with one attached hydrogen (secondary N) is 2. The average molecular weight is 461 g/mol. The molecule has 1 fully saturated rings. The highest BCUT2D eigenvalue weighted by molar-refractivity contribution is 7.80. The first-order valence-electron chi connectivity index (χ1n) is 9.75. The molecule has 0 aliphatic carbocycles. The molecule has 3 nitrogen and oxygen atoms in total. The van der Waals surface area contributed by atoms with Crippen LogP contribution in [-0.4, -0.2) is 18.2 Å². The molecule has 31 heavy (non-hydrogen) atoms. The minimum absolute atomic E-state index is 0.0797. The molecular formula is C21H21F6N3S. The Kier molecular flexibility index (Phi) is 6.98. The van der Waals surface area contributed by atoms with Gasteiger partial charge in [-0.15, -0.1) is 0 Å². The molecule has 2 N–H and O–H groups in total. The summed E-state index contributed by atoms with van der Waals surface area (Å²) in [5, 5.41) is 5.27. The second-order valence-electron chi connectivity index (χ2n) is 7.29. The molecule has 0 spiro atoms. The Morgan fingerprint density at radius 2 is 1.32 bits per heavy atom.